The molecule has 2 heterocycles. The van der Waals surface area contributed by atoms with Crippen LogP contribution in [-0.2, 0) is 0 Å². The maximum Gasteiger partial charge on any atom is 0.187 e. The van der Waals surface area contributed by atoms with Crippen LogP contribution in [0.2, 0.25) is 0 Å². The Morgan fingerprint density at radius 3 is 2.94 bits per heavy atom. The molecule has 2 atom stereocenters. The van der Waals surface area contributed by atoms with Gasteiger partial charge in [-0.1, -0.05) is 25.0 Å². The van der Waals surface area contributed by atoms with E-state index in [0.29, 0.717) is 17.7 Å². The summed E-state index contributed by atoms with van der Waals surface area (Å²) >= 11 is 0. The molecule has 1 aliphatic carbocycles. The van der Waals surface area contributed by atoms with Crippen molar-refractivity contribution in [1.29, 1.82) is 0 Å². The van der Waals surface area contributed by atoms with Gasteiger partial charge in [0.05, 0.1) is 12.2 Å². The first-order valence-corrected chi connectivity index (χ1v) is 6.91. The number of rotatable bonds is 3. The van der Waals surface area contributed by atoms with Crippen LogP contribution in [0.25, 0.3) is 0 Å². The lowest BCUT2D eigenvalue weighted by Crippen LogP contribution is -2.43. The first kappa shape index (κ1) is 11.8. The van der Waals surface area contributed by atoms with Gasteiger partial charge in [-0.25, -0.2) is 4.68 Å². The maximum atomic E-state index is 12.4. The van der Waals surface area contributed by atoms with Gasteiger partial charge in [0.25, 0.3) is 0 Å². The van der Waals surface area contributed by atoms with Gasteiger partial charge in [-0.05, 0) is 18.8 Å². The average Bonchev–Trinajstić information content (AvgIpc) is 2.75. The molecule has 5 heteroatoms. The van der Waals surface area contributed by atoms with Gasteiger partial charge in [0.2, 0.25) is 0 Å². The van der Waals surface area contributed by atoms with Crippen molar-refractivity contribution >= 4 is 5.78 Å². The van der Waals surface area contributed by atoms with Gasteiger partial charge in [0, 0.05) is 19.0 Å². The predicted molar refractivity (Wildman–Crippen MR) is 67.4 cm³/mol. The smallest absolute Gasteiger partial charge is 0.187 e. The molecule has 0 radical (unpaired) electrons. The van der Waals surface area contributed by atoms with Crippen LogP contribution < -0.4 is 5.32 Å². The third kappa shape index (κ3) is 2.19. The second-order valence-corrected chi connectivity index (χ2v) is 5.73. The van der Waals surface area contributed by atoms with Crippen LogP contribution in [-0.4, -0.2) is 33.9 Å². The summed E-state index contributed by atoms with van der Waals surface area (Å²) in [6.45, 7) is 4.09. The summed E-state index contributed by atoms with van der Waals surface area (Å²) in [5.74, 6) is 1.03. The molecule has 2 unspecified atom stereocenters. The Bertz CT molecular complexity index is 438. The molecule has 1 N–H and O–H groups in total. The van der Waals surface area contributed by atoms with Crippen molar-refractivity contribution in [3.05, 3.63) is 11.9 Å². The number of hydrogen-bond acceptors (Lipinski definition) is 4. The summed E-state index contributed by atoms with van der Waals surface area (Å²) in [4.78, 5) is 12.4. The molecule has 0 bridgehead atoms. The second-order valence-electron chi connectivity index (χ2n) is 5.73. The fraction of sp³-hybridized carbons (Fsp3) is 0.769. The Labute approximate surface area is 107 Å². The Hall–Kier alpha value is -1.23. The number of carbonyl (C=O) groups excluding carboxylic acids is 1. The van der Waals surface area contributed by atoms with E-state index in [1.807, 2.05) is 10.9 Å². The minimum absolute atomic E-state index is 0.165. The van der Waals surface area contributed by atoms with E-state index in [1.165, 1.54) is 6.42 Å². The standard InChI is InChI=1S/C13H20N4O/c1-9-3-2-4-10(5-9)13(18)12-8-17(16-15-12)11-6-14-7-11/h8-11,14H,2-7H2,1H3. The van der Waals surface area contributed by atoms with Crippen molar-refractivity contribution in [1.82, 2.24) is 20.3 Å². The van der Waals surface area contributed by atoms with Crippen LogP contribution in [0.1, 0.15) is 49.1 Å². The Balaban J connectivity index is 1.69. The molecule has 98 valence electrons. The van der Waals surface area contributed by atoms with E-state index in [2.05, 4.69) is 22.6 Å². The fourth-order valence-electron chi connectivity index (χ4n) is 2.91. The highest BCUT2D eigenvalue weighted by Gasteiger charge is 2.28. The molecule has 0 aromatic carbocycles. The van der Waals surface area contributed by atoms with Gasteiger partial charge >= 0.3 is 0 Å². The van der Waals surface area contributed by atoms with Crippen LogP contribution in [0, 0.1) is 11.8 Å². The molecule has 5 nitrogen and oxygen atoms in total. The van der Waals surface area contributed by atoms with Crippen molar-refractivity contribution in [2.75, 3.05) is 13.1 Å². The van der Waals surface area contributed by atoms with E-state index >= 15 is 0 Å². The van der Waals surface area contributed by atoms with Gasteiger partial charge in [-0.2, -0.15) is 0 Å². The van der Waals surface area contributed by atoms with Gasteiger partial charge in [-0.3, -0.25) is 4.79 Å². The molecule has 1 aromatic heterocycles. The number of carbonyl (C=O) groups is 1. The van der Waals surface area contributed by atoms with Crippen molar-refractivity contribution in [3.8, 4) is 0 Å². The van der Waals surface area contributed by atoms with Gasteiger partial charge in [0.1, 0.15) is 5.69 Å². The van der Waals surface area contributed by atoms with Gasteiger partial charge < -0.3 is 5.32 Å². The number of ketones is 1. The number of nitrogens with zero attached hydrogens (tertiary/aromatic N) is 3. The van der Waals surface area contributed by atoms with Crippen LogP contribution in [0.4, 0.5) is 0 Å². The molecule has 3 rings (SSSR count). The predicted octanol–water partition coefficient (Wildman–Crippen LogP) is 1.43. The zero-order valence-corrected chi connectivity index (χ0v) is 10.8. The Kier molecular flexibility index (Phi) is 3.16. The fourth-order valence-corrected chi connectivity index (χ4v) is 2.91. The molecular formula is C13H20N4O. The number of Topliss-reactive ketones (excluding diaryl/α,β-unsaturated/α-hetero) is 1. The lowest BCUT2D eigenvalue weighted by atomic mass is 9.80. The molecule has 2 aliphatic rings. The van der Waals surface area contributed by atoms with E-state index < -0.39 is 0 Å². The molecule has 0 amide bonds. The van der Waals surface area contributed by atoms with Crippen molar-refractivity contribution in [3.63, 3.8) is 0 Å². The molecule has 1 aromatic rings. The third-order valence-electron chi connectivity index (χ3n) is 4.20. The second kappa shape index (κ2) is 4.80. The SMILES string of the molecule is CC1CCCC(C(=O)c2cn(C3CNC3)nn2)C1. The van der Waals surface area contributed by atoms with Crippen LogP contribution in [0.3, 0.4) is 0 Å². The summed E-state index contributed by atoms with van der Waals surface area (Å²) < 4.78 is 1.83. The van der Waals surface area contributed by atoms with E-state index in [0.717, 1.165) is 32.4 Å². The zero-order chi connectivity index (χ0) is 12.5. The van der Waals surface area contributed by atoms with Crippen molar-refractivity contribution in [2.24, 2.45) is 11.8 Å². The largest absolute Gasteiger partial charge is 0.312 e. The highest BCUT2D eigenvalue weighted by molar-refractivity contribution is 5.95. The van der Waals surface area contributed by atoms with E-state index in [9.17, 15) is 4.79 Å². The van der Waals surface area contributed by atoms with Crippen molar-refractivity contribution in [2.45, 2.75) is 38.6 Å². The molecule has 1 aliphatic heterocycles. The first-order chi connectivity index (χ1) is 8.74. The quantitative estimate of drug-likeness (QED) is 0.822. The van der Waals surface area contributed by atoms with Gasteiger partial charge in [-0.15, -0.1) is 5.10 Å². The highest BCUT2D eigenvalue weighted by Crippen LogP contribution is 2.30. The monoisotopic (exact) mass is 248 g/mol. The lowest BCUT2D eigenvalue weighted by molar-refractivity contribution is 0.0863. The first-order valence-electron chi connectivity index (χ1n) is 6.91. The molecule has 0 spiro atoms. The Morgan fingerprint density at radius 1 is 1.44 bits per heavy atom. The van der Waals surface area contributed by atoms with Crippen LogP contribution in [0.5, 0.6) is 0 Å². The molecule has 1 saturated heterocycles. The molecular weight excluding hydrogens is 228 g/mol. The summed E-state index contributed by atoms with van der Waals surface area (Å²) in [6, 6.07) is 0.379. The zero-order valence-electron chi connectivity index (χ0n) is 10.8. The summed E-state index contributed by atoms with van der Waals surface area (Å²) in [5.41, 5.74) is 0.556. The highest BCUT2D eigenvalue weighted by atomic mass is 16.1. The third-order valence-corrected chi connectivity index (χ3v) is 4.20. The molecule has 18 heavy (non-hydrogen) atoms. The van der Waals surface area contributed by atoms with Crippen LogP contribution in [0.15, 0.2) is 6.20 Å². The minimum atomic E-state index is 0.165. The number of aromatic nitrogens is 3. The maximum absolute atomic E-state index is 12.4. The van der Waals surface area contributed by atoms with Gasteiger partial charge in [0.15, 0.2) is 5.78 Å². The number of hydrogen-bond donors (Lipinski definition) is 1. The minimum Gasteiger partial charge on any atom is -0.312 e. The van der Waals surface area contributed by atoms with E-state index in [-0.39, 0.29) is 11.7 Å². The Morgan fingerprint density at radius 2 is 2.28 bits per heavy atom. The summed E-state index contributed by atoms with van der Waals surface area (Å²) in [6.07, 6.45) is 6.27. The van der Waals surface area contributed by atoms with E-state index in [1.54, 1.807) is 0 Å². The molecule has 2 fully saturated rings. The van der Waals surface area contributed by atoms with Crippen LogP contribution >= 0.6 is 0 Å². The normalized spacial score (nSPS) is 28.9. The summed E-state index contributed by atoms with van der Waals surface area (Å²) in [7, 11) is 0. The molecule has 1 saturated carbocycles. The van der Waals surface area contributed by atoms with E-state index in [4.69, 9.17) is 0 Å². The number of nitrogens with one attached hydrogen (secondary N) is 1. The van der Waals surface area contributed by atoms with Crippen molar-refractivity contribution < 1.29 is 4.79 Å². The topological polar surface area (TPSA) is 59.8 Å². The average molecular weight is 248 g/mol. The lowest BCUT2D eigenvalue weighted by Gasteiger charge is -2.26. The summed E-state index contributed by atoms with van der Waals surface area (Å²) in [5, 5.41) is 11.3.